The van der Waals surface area contributed by atoms with Crippen molar-refractivity contribution >= 4 is 11.6 Å². The number of nitrogens with two attached hydrogens (primary N) is 1. The molecular weight excluding hydrogens is 262 g/mol. The number of anilines is 1. The van der Waals surface area contributed by atoms with E-state index in [1.807, 2.05) is 0 Å². The molecule has 0 bridgehead atoms. The van der Waals surface area contributed by atoms with Gasteiger partial charge >= 0.3 is 0 Å². The smallest absolute Gasteiger partial charge is 0.247 e. The Balaban J connectivity index is 2.42. The molecule has 2 aromatic carbocycles. The number of halogens is 2. The number of hydrogen-bond donors (Lipinski definition) is 2. The van der Waals surface area contributed by atoms with Gasteiger partial charge in [0.25, 0.3) is 0 Å². The molecule has 1 unspecified atom stereocenters. The second-order valence-electron chi connectivity index (χ2n) is 4.63. The van der Waals surface area contributed by atoms with Crippen LogP contribution in [0.1, 0.15) is 12.5 Å². The highest BCUT2D eigenvalue weighted by atomic mass is 19.1. The lowest BCUT2D eigenvalue weighted by Gasteiger charge is -2.29. The summed E-state index contributed by atoms with van der Waals surface area (Å²) >= 11 is 0. The van der Waals surface area contributed by atoms with Crippen LogP contribution in [0.4, 0.5) is 14.5 Å². The molecular formula is C15H14F2N2O. The molecule has 0 saturated heterocycles. The SMILES string of the molecule is CC(Nc1cccc(F)c1)(C(N)=O)c1cccc(F)c1. The van der Waals surface area contributed by atoms with E-state index in [2.05, 4.69) is 5.32 Å². The zero-order valence-electron chi connectivity index (χ0n) is 10.9. The first-order valence-electron chi connectivity index (χ1n) is 6.01. The maximum atomic E-state index is 13.3. The predicted molar refractivity (Wildman–Crippen MR) is 73.0 cm³/mol. The van der Waals surface area contributed by atoms with Crippen LogP contribution in [-0.2, 0) is 10.3 Å². The molecule has 0 saturated carbocycles. The zero-order chi connectivity index (χ0) is 14.8. The van der Waals surface area contributed by atoms with Gasteiger partial charge in [-0.3, -0.25) is 4.79 Å². The van der Waals surface area contributed by atoms with Crippen LogP contribution in [-0.4, -0.2) is 5.91 Å². The molecule has 0 heterocycles. The lowest BCUT2D eigenvalue weighted by atomic mass is 9.90. The molecule has 0 radical (unpaired) electrons. The largest absolute Gasteiger partial charge is 0.368 e. The van der Waals surface area contributed by atoms with E-state index < -0.39 is 23.1 Å². The molecule has 0 aromatic heterocycles. The topological polar surface area (TPSA) is 55.1 Å². The Morgan fingerprint density at radius 2 is 1.70 bits per heavy atom. The van der Waals surface area contributed by atoms with Crippen molar-refractivity contribution in [3.05, 3.63) is 65.7 Å². The Kier molecular flexibility index (Phi) is 3.70. The average molecular weight is 276 g/mol. The lowest BCUT2D eigenvalue weighted by molar-refractivity contribution is -0.122. The van der Waals surface area contributed by atoms with E-state index in [4.69, 9.17) is 5.73 Å². The molecule has 1 atom stereocenters. The van der Waals surface area contributed by atoms with Gasteiger partial charge < -0.3 is 11.1 Å². The van der Waals surface area contributed by atoms with Crippen molar-refractivity contribution in [2.45, 2.75) is 12.5 Å². The third kappa shape index (κ3) is 2.77. The van der Waals surface area contributed by atoms with Crippen LogP contribution in [0, 0.1) is 11.6 Å². The van der Waals surface area contributed by atoms with E-state index in [0.717, 1.165) is 0 Å². The molecule has 0 spiro atoms. The predicted octanol–water partition coefficient (Wildman–Crippen LogP) is 2.78. The summed E-state index contributed by atoms with van der Waals surface area (Å²) in [5, 5.41) is 2.86. The second-order valence-corrected chi connectivity index (χ2v) is 4.63. The minimum absolute atomic E-state index is 0.370. The molecule has 0 aliphatic carbocycles. The Bertz CT molecular complexity index is 645. The van der Waals surface area contributed by atoms with Crippen molar-refractivity contribution in [2.24, 2.45) is 5.73 Å². The zero-order valence-corrected chi connectivity index (χ0v) is 10.9. The van der Waals surface area contributed by atoms with Crippen molar-refractivity contribution in [1.82, 2.24) is 0 Å². The molecule has 2 rings (SSSR count). The van der Waals surface area contributed by atoms with E-state index in [9.17, 15) is 13.6 Å². The molecule has 0 fully saturated rings. The molecule has 2 aromatic rings. The highest BCUT2D eigenvalue weighted by Gasteiger charge is 2.33. The summed E-state index contributed by atoms with van der Waals surface area (Å²) in [6.07, 6.45) is 0. The summed E-state index contributed by atoms with van der Waals surface area (Å²) in [7, 11) is 0. The summed E-state index contributed by atoms with van der Waals surface area (Å²) in [4.78, 5) is 11.8. The van der Waals surface area contributed by atoms with E-state index in [1.165, 1.54) is 43.3 Å². The fourth-order valence-corrected chi connectivity index (χ4v) is 1.93. The maximum Gasteiger partial charge on any atom is 0.247 e. The number of hydrogen-bond acceptors (Lipinski definition) is 2. The number of rotatable bonds is 4. The number of nitrogens with one attached hydrogen (secondary N) is 1. The van der Waals surface area contributed by atoms with Gasteiger partial charge in [0.15, 0.2) is 0 Å². The van der Waals surface area contributed by atoms with Crippen molar-refractivity contribution < 1.29 is 13.6 Å². The number of carbonyl (C=O) groups excluding carboxylic acids is 1. The normalized spacial score (nSPS) is 13.6. The Hall–Kier alpha value is -2.43. The van der Waals surface area contributed by atoms with Crippen LogP contribution in [0.5, 0.6) is 0 Å². The fraction of sp³-hybridized carbons (Fsp3) is 0.133. The number of benzene rings is 2. The van der Waals surface area contributed by atoms with Gasteiger partial charge in [-0.1, -0.05) is 18.2 Å². The van der Waals surface area contributed by atoms with Crippen molar-refractivity contribution in [3.63, 3.8) is 0 Å². The molecule has 104 valence electrons. The Morgan fingerprint density at radius 1 is 1.10 bits per heavy atom. The first-order valence-corrected chi connectivity index (χ1v) is 6.01. The number of amides is 1. The van der Waals surface area contributed by atoms with Gasteiger partial charge in [0.1, 0.15) is 17.2 Å². The van der Waals surface area contributed by atoms with E-state index in [0.29, 0.717) is 11.3 Å². The minimum Gasteiger partial charge on any atom is -0.368 e. The fourth-order valence-electron chi connectivity index (χ4n) is 1.93. The first kappa shape index (κ1) is 14.0. The standard InChI is InChI=1S/C15H14F2N2O/c1-15(14(18)20,10-4-2-5-11(16)8-10)19-13-7-3-6-12(17)9-13/h2-9,19H,1H3,(H2,18,20). The van der Waals surface area contributed by atoms with Crippen molar-refractivity contribution in [3.8, 4) is 0 Å². The highest BCUT2D eigenvalue weighted by Crippen LogP contribution is 2.26. The van der Waals surface area contributed by atoms with Crippen LogP contribution in [0.3, 0.4) is 0 Å². The molecule has 1 amide bonds. The van der Waals surface area contributed by atoms with Gasteiger partial charge in [0, 0.05) is 5.69 Å². The van der Waals surface area contributed by atoms with Gasteiger partial charge in [-0.25, -0.2) is 8.78 Å². The lowest BCUT2D eigenvalue weighted by Crippen LogP contribution is -2.45. The van der Waals surface area contributed by atoms with Crippen molar-refractivity contribution in [1.29, 1.82) is 0 Å². The summed E-state index contributed by atoms with van der Waals surface area (Å²) < 4.78 is 26.5. The van der Waals surface area contributed by atoms with Gasteiger partial charge in [-0.05, 0) is 42.8 Å². The molecule has 0 aliphatic rings. The number of carbonyl (C=O) groups is 1. The third-order valence-corrected chi connectivity index (χ3v) is 3.11. The molecule has 3 nitrogen and oxygen atoms in total. The summed E-state index contributed by atoms with van der Waals surface area (Å²) in [6, 6.07) is 11.2. The molecule has 20 heavy (non-hydrogen) atoms. The monoisotopic (exact) mass is 276 g/mol. The van der Waals surface area contributed by atoms with Crippen LogP contribution in [0.2, 0.25) is 0 Å². The van der Waals surface area contributed by atoms with E-state index >= 15 is 0 Å². The Labute approximate surface area is 115 Å². The second kappa shape index (κ2) is 5.28. The quantitative estimate of drug-likeness (QED) is 0.902. The van der Waals surface area contributed by atoms with Crippen LogP contribution >= 0.6 is 0 Å². The maximum absolute atomic E-state index is 13.3. The van der Waals surface area contributed by atoms with Crippen molar-refractivity contribution in [2.75, 3.05) is 5.32 Å². The molecule has 5 heteroatoms. The van der Waals surface area contributed by atoms with E-state index in [1.54, 1.807) is 12.1 Å². The third-order valence-electron chi connectivity index (χ3n) is 3.11. The van der Waals surface area contributed by atoms with Gasteiger partial charge in [-0.2, -0.15) is 0 Å². The summed E-state index contributed by atoms with van der Waals surface area (Å²) in [5.74, 6) is -1.61. The van der Waals surface area contributed by atoms with Gasteiger partial charge in [0.05, 0.1) is 0 Å². The van der Waals surface area contributed by atoms with Crippen LogP contribution < -0.4 is 11.1 Å². The average Bonchev–Trinajstić information content (AvgIpc) is 2.38. The summed E-state index contributed by atoms with van der Waals surface area (Å²) in [5.41, 5.74) is 4.84. The molecule has 3 N–H and O–H groups in total. The van der Waals surface area contributed by atoms with Gasteiger partial charge in [-0.15, -0.1) is 0 Å². The van der Waals surface area contributed by atoms with Crippen LogP contribution in [0.15, 0.2) is 48.5 Å². The number of primary amides is 1. The highest BCUT2D eigenvalue weighted by molar-refractivity contribution is 5.88. The van der Waals surface area contributed by atoms with Gasteiger partial charge in [0.2, 0.25) is 5.91 Å². The minimum atomic E-state index is -1.34. The van der Waals surface area contributed by atoms with Crippen LogP contribution in [0.25, 0.3) is 0 Å². The molecule has 0 aliphatic heterocycles. The summed E-state index contributed by atoms with van der Waals surface area (Å²) in [6.45, 7) is 1.52. The Morgan fingerprint density at radius 3 is 2.25 bits per heavy atom. The first-order chi connectivity index (χ1) is 9.41. The van der Waals surface area contributed by atoms with E-state index in [-0.39, 0.29) is 0 Å².